The van der Waals surface area contributed by atoms with E-state index in [1.165, 1.54) is 0 Å². The van der Waals surface area contributed by atoms with Crippen LogP contribution in [0.25, 0.3) is 0 Å². The molecule has 0 saturated heterocycles. The van der Waals surface area contributed by atoms with Crippen molar-refractivity contribution in [3.8, 4) is 11.6 Å². The first-order valence-electron chi connectivity index (χ1n) is 6.78. The molecule has 0 aliphatic carbocycles. The Morgan fingerprint density at radius 3 is 2.52 bits per heavy atom. The quantitative estimate of drug-likeness (QED) is 0.841. The lowest BCUT2D eigenvalue weighted by molar-refractivity contribution is 0.458. The number of rotatable bonds is 5. The van der Waals surface area contributed by atoms with Gasteiger partial charge in [0.1, 0.15) is 5.75 Å². The van der Waals surface area contributed by atoms with E-state index in [-0.39, 0.29) is 0 Å². The predicted octanol–water partition coefficient (Wildman–Crippen LogP) is 4.99. The highest BCUT2D eigenvalue weighted by Gasteiger charge is 2.07. The van der Waals surface area contributed by atoms with Crippen molar-refractivity contribution < 1.29 is 4.74 Å². The number of halogens is 2. The van der Waals surface area contributed by atoms with Gasteiger partial charge in [0.2, 0.25) is 5.88 Å². The molecule has 0 unspecified atom stereocenters. The van der Waals surface area contributed by atoms with Crippen LogP contribution < -0.4 is 10.1 Å². The molecule has 1 heterocycles. The molecule has 5 heteroatoms. The SMILES string of the molecule is Cc1cc(Oc2ccc(Cl)c(CNC(C)C)n2)ccc1Cl. The van der Waals surface area contributed by atoms with E-state index in [2.05, 4.69) is 24.1 Å². The number of nitrogens with one attached hydrogen (secondary N) is 1. The van der Waals surface area contributed by atoms with Crippen molar-refractivity contribution in [2.45, 2.75) is 33.4 Å². The van der Waals surface area contributed by atoms with Crippen LogP contribution in [0.4, 0.5) is 0 Å². The van der Waals surface area contributed by atoms with Crippen LogP contribution in [0.15, 0.2) is 30.3 Å². The normalized spacial score (nSPS) is 11.0. The average Bonchev–Trinajstić information content (AvgIpc) is 2.43. The minimum absolute atomic E-state index is 0.367. The van der Waals surface area contributed by atoms with Crippen molar-refractivity contribution >= 4 is 23.2 Å². The maximum atomic E-state index is 6.15. The first-order valence-corrected chi connectivity index (χ1v) is 7.54. The molecule has 1 aromatic heterocycles. The summed E-state index contributed by atoms with van der Waals surface area (Å²) in [6.45, 7) is 6.69. The van der Waals surface area contributed by atoms with Crippen molar-refractivity contribution in [2.24, 2.45) is 0 Å². The fourth-order valence-electron chi connectivity index (χ4n) is 1.75. The molecule has 0 amide bonds. The molecule has 3 nitrogen and oxygen atoms in total. The van der Waals surface area contributed by atoms with Gasteiger partial charge in [-0.25, -0.2) is 4.98 Å². The molecule has 0 aliphatic rings. The molecule has 0 saturated carbocycles. The summed E-state index contributed by atoms with van der Waals surface area (Å²) in [4.78, 5) is 4.44. The van der Waals surface area contributed by atoms with Crippen molar-refractivity contribution in [3.05, 3.63) is 51.6 Å². The van der Waals surface area contributed by atoms with E-state index >= 15 is 0 Å². The number of ether oxygens (including phenoxy) is 1. The standard InChI is InChI=1S/C16H18Cl2N2O/c1-10(2)19-9-15-14(18)6-7-16(20-15)21-12-4-5-13(17)11(3)8-12/h4-8,10,19H,9H2,1-3H3. The fourth-order valence-corrected chi connectivity index (χ4v) is 2.04. The second-order valence-corrected chi connectivity index (χ2v) is 5.94. The van der Waals surface area contributed by atoms with Gasteiger partial charge in [-0.1, -0.05) is 37.0 Å². The zero-order valence-corrected chi connectivity index (χ0v) is 13.8. The summed E-state index contributed by atoms with van der Waals surface area (Å²) in [5, 5.41) is 4.63. The van der Waals surface area contributed by atoms with Crippen molar-refractivity contribution in [2.75, 3.05) is 0 Å². The van der Waals surface area contributed by atoms with Crippen LogP contribution in [-0.2, 0) is 6.54 Å². The largest absolute Gasteiger partial charge is 0.439 e. The number of hydrogen-bond acceptors (Lipinski definition) is 3. The molecule has 1 N–H and O–H groups in total. The highest BCUT2D eigenvalue weighted by atomic mass is 35.5. The van der Waals surface area contributed by atoms with Crippen LogP contribution in [0.3, 0.4) is 0 Å². The van der Waals surface area contributed by atoms with Gasteiger partial charge in [-0.15, -0.1) is 0 Å². The van der Waals surface area contributed by atoms with Crippen molar-refractivity contribution in [1.29, 1.82) is 0 Å². The minimum atomic E-state index is 0.367. The summed E-state index contributed by atoms with van der Waals surface area (Å²) >= 11 is 12.2. The Hall–Kier alpha value is -1.29. The Morgan fingerprint density at radius 2 is 1.86 bits per heavy atom. The molecule has 0 aliphatic heterocycles. The third-order valence-corrected chi connectivity index (χ3v) is 3.69. The van der Waals surface area contributed by atoms with E-state index in [1.807, 2.05) is 25.1 Å². The Labute approximate surface area is 135 Å². The second kappa shape index (κ2) is 7.12. The van der Waals surface area contributed by atoms with Crippen LogP contribution in [0.1, 0.15) is 25.1 Å². The van der Waals surface area contributed by atoms with Crippen LogP contribution >= 0.6 is 23.2 Å². The van der Waals surface area contributed by atoms with E-state index in [0.29, 0.717) is 34.3 Å². The smallest absolute Gasteiger partial charge is 0.219 e. The highest BCUT2D eigenvalue weighted by molar-refractivity contribution is 6.31. The molecule has 0 atom stereocenters. The molecule has 0 bridgehead atoms. The maximum absolute atomic E-state index is 6.15. The fraction of sp³-hybridized carbons (Fsp3) is 0.312. The molecular weight excluding hydrogens is 307 g/mol. The van der Waals surface area contributed by atoms with Crippen LogP contribution in [0, 0.1) is 6.92 Å². The number of aromatic nitrogens is 1. The van der Waals surface area contributed by atoms with Gasteiger partial charge in [-0.05, 0) is 36.8 Å². The average molecular weight is 325 g/mol. The third-order valence-electron chi connectivity index (χ3n) is 2.92. The van der Waals surface area contributed by atoms with Crippen LogP contribution in [0.2, 0.25) is 10.0 Å². The number of hydrogen-bond donors (Lipinski definition) is 1. The molecule has 0 spiro atoms. The monoisotopic (exact) mass is 324 g/mol. The van der Waals surface area contributed by atoms with Gasteiger partial charge in [0.05, 0.1) is 10.7 Å². The Balaban J connectivity index is 2.16. The number of aryl methyl sites for hydroxylation is 1. The second-order valence-electron chi connectivity index (χ2n) is 5.13. The van der Waals surface area contributed by atoms with E-state index < -0.39 is 0 Å². The topological polar surface area (TPSA) is 34.1 Å². The third kappa shape index (κ3) is 4.60. The lowest BCUT2D eigenvalue weighted by atomic mass is 10.2. The minimum Gasteiger partial charge on any atom is -0.439 e. The number of nitrogens with zero attached hydrogens (tertiary/aromatic N) is 1. The molecule has 2 rings (SSSR count). The van der Waals surface area contributed by atoms with Crippen molar-refractivity contribution in [1.82, 2.24) is 10.3 Å². The predicted molar refractivity (Wildman–Crippen MR) is 87.5 cm³/mol. The summed E-state index contributed by atoms with van der Waals surface area (Å²) in [5.41, 5.74) is 1.73. The van der Waals surface area contributed by atoms with E-state index in [9.17, 15) is 0 Å². The van der Waals surface area contributed by atoms with E-state index in [4.69, 9.17) is 27.9 Å². The van der Waals surface area contributed by atoms with Gasteiger partial charge in [-0.3, -0.25) is 0 Å². The number of benzene rings is 1. The first kappa shape index (κ1) is 16.1. The number of pyridine rings is 1. The summed E-state index contributed by atoms with van der Waals surface area (Å²) in [7, 11) is 0. The van der Waals surface area contributed by atoms with E-state index in [1.54, 1.807) is 12.1 Å². The lowest BCUT2D eigenvalue weighted by Crippen LogP contribution is -2.22. The Morgan fingerprint density at radius 1 is 1.14 bits per heavy atom. The van der Waals surface area contributed by atoms with Gasteiger partial charge >= 0.3 is 0 Å². The molecule has 2 aromatic rings. The summed E-state index contributed by atoms with van der Waals surface area (Å²) in [6.07, 6.45) is 0. The molecule has 1 aromatic carbocycles. The first-order chi connectivity index (χ1) is 9.95. The van der Waals surface area contributed by atoms with Gasteiger partial charge < -0.3 is 10.1 Å². The zero-order chi connectivity index (χ0) is 15.4. The van der Waals surface area contributed by atoms with Gasteiger partial charge in [0.25, 0.3) is 0 Å². The maximum Gasteiger partial charge on any atom is 0.219 e. The van der Waals surface area contributed by atoms with Crippen LogP contribution in [-0.4, -0.2) is 11.0 Å². The lowest BCUT2D eigenvalue weighted by Gasteiger charge is -2.11. The molecular formula is C16H18Cl2N2O. The van der Waals surface area contributed by atoms with E-state index in [0.717, 1.165) is 11.3 Å². The molecule has 0 radical (unpaired) electrons. The highest BCUT2D eigenvalue weighted by Crippen LogP contribution is 2.26. The van der Waals surface area contributed by atoms with Crippen LogP contribution in [0.5, 0.6) is 11.6 Å². The van der Waals surface area contributed by atoms with Gasteiger partial charge in [0, 0.05) is 23.7 Å². The Bertz CT molecular complexity index is 630. The Kier molecular flexibility index (Phi) is 5.45. The molecule has 0 fully saturated rings. The molecule has 112 valence electrons. The zero-order valence-electron chi connectivity index (χ0n) is 12.3. The summed E-state index contributed by atoms with van der Waals surface area (Å²) in [5.74, 6) is 1.22. The van der Waals surface area contributed by atoms with Gasteiger partial charge in [-0.2, -0.15) is 0 Å². The summed E-state index contributed by atoms with van der Waals surface area (Å²) in [6, 6.07) is 9.42. The van der Waals surface area contributed by atoms with Crippen molar-refractivity contribution in [3.63, 3.8) is 0 Å². The summed E-state index contributed by atoms with van der Waals surface area (Å²) < 4.78 is 5.76. The van der Waals surface area contributed by atoms with Gasteiger partial charge in [0.15, 0.2) is 0 Å². The molecule has 21 heavy (non-hydrogen) atoms.